The van der Waals surface area contributed by atoms with Crippen LogP contribution in [0.25, 0.3) is 0 Å². The van der Waals surface area contributed by atoms with E-state index in [0.29, 0.717) is 6.42 Å². The van der Waals surface area contributed by atoms with E-state index < -0.39 is 36.2 Å². The number of alkyl halides is 3. The Bertz CT molecular complexity index is 628. The molecule has 26 heavy (non-hydrogen) atoms. The van der Waals surface area contributed by atoms with Gasteiger partial charge in [-0.25, -0.2) is 0 Å². The second-order valence-electron chi connectivity index (χ2n) is 6.94. The Morgan fingerprint density at radius 1 is 1.27 bits per heavy atom. The van der Waals surface area contributed by atoms with E-state index in [1.54, 1.807) is 7.11 Å². The first-order chi connectivity index (χ1) is 12.3. The van der Waals surface area contributed by atoms with E-state index in [0.717, 1.165) is 11.3 Å². The van der Waals surface area contributed by atoms with Crippen LogP contribution in [0.5, 0.6) is 5.75 Å². The lowest BCUT2D eigenvalue weighted by Gasteiger charge is -2.36. The summed E-state index contributed by atoms with van der Waals surface area (Å²) in [5, 5.41) is 13.2. The standard InChI is InChI=1S/C18H22F3NO4/c1-25-13-4-2-10(3-5-13)6-14-16(15(23)9-22-14)26-17(24)11-7-12(8-11)18(19,20)21/h2-5,11-12,14-16,22-23H,6-9H2,1H3/t11?,12?,14-,15+,16+/m1/s1. The minimum absolute atomic E-state index is 0.234. The lowest BCUT2D eigenvalue weighted by Crippen LogP contribution is -2.44. The van der Waals surface area contributed by atoms with Gasteiger partial charge in [0.25, 0.3) is 0 Å². The first-order valence-corrected chi connectivity index (χ1v) is 8.59. The lowest BCUT2D eigenvalue weighted by atomic mass is 9.74. The van der Waals surface area contributed by atoms with E-state index in [-0.39, 0.29) is 25.4 Å². The zero-order chi connectivity index (χ0) is 18.9. The van der Waals surface area contributed by atoms with E-state index in [4.69, 9.17) is 9.47 Å². The number of β-amino-alcohol motifs (C(OH)–C–C–N with tert-alkyl or cyclic N) is 1. The zero-order valence-corrected chi connectivity index (χ0v) is 14.3. The van der Waals surface area contributed by atoms with Gasteiger partial charge in [-0.1, -0.05) is 12.1 Å². The highest BCUT2D eigenvalue weighted by Crippen LogP contribution is 2.45. The summed E-state index contributed by atoms with van der Waals surface area (Å²) in [6, 6.07) is 7.09. The first-order valence-electron chi connectivity index (χ1n) is 8.59. The minimum atomic E-state index is -4.26. The van der Waals surface area contributed by atoms with Gasteiger partial charge < -0.3 is 19.9 Å². The molecule has 144 valence electrons. The van der Waals surface area contributed by atoms with Crippen molar-refractivity contribution in [3.05, 3.63) is 29.8 Å². The van der Waals surface area contributed by atoms with E-state index in [2.05, 4.69) is 5.32 Å². The van der Waals surface area contributed by atoms with Crippen LogP contribution < -0.4 is 10.1 Å². The van der Waals surface area contributed by atoms with Crippen molar-refractivity contribution in [3.8, 4) is 5.75 Å². The van der Waals surface area contributed by atoms with Gasteiger partial charge in [-0.15, -0.1) is 0 Å². The topological polar surface area (TPSA) is 67.8 Å². The Hall–Kier alpha value is -1.80. The second-order valence-corrected chi connectivity index (χ2v) is 6.94. The van der Waals surface area contributed by atoms with Crippen molar-refractivity contribution in [2.24, 2.45) is 11.8 Å². The fourth-order valence-electron chi connectivity index (χ4n) is 3.45. The summed E-state index contributed by atoms with van der Waals surface area (Å²) >= 11 is 0. The third kappa shape index (κ3) is 4.12. The number of rotatable bonds is 5. The summed E-state index contributed by atoms with van der Waals surface area (Å²) in [4.78, 5) is 12.1. The Morgan fingerprint density at radius 2 is 1.92 bits per heavy atom. The zero-order valence-electron chi connectivity index (χ0n) is 14.3. The monoisotopic (exact) mass is 373 g/mol. The van der Waals surface area contributed by atoms with E-state index >= 15 is 0 Å². The largest absolute Gasteiger partial charge is 0.497 e. The maximum Gasteiger partial charge on any atom is 0.391 e. The highest BCUT2D eigenvalue weighted by Gasteiger charge is 2.51. The molecule has 0 amide bonds. The molecule has 0 spiro atoms. The molecule has 1 aromatic rings. The van der Waals surface area contributed by atoms with Crippen molar-refractivity contribution in [3.63, 3.8) is 0 Å². The number of halogens is 3. The summed E-state index contributed by atoms with van der Waals surface area (Å²) < 4.78 is 48.1. The number of hydrogen-bond donors (Lipinski definition) is 2. The quantitative estimate of drug-likeness (QED) is 0.774. The van der Waals surface area contributed by atoms with Crippen molar-refractivity contribution in [2.75, 3.05) is 13.7 Å². The van der Waals surface area contributed by atoms with Crippen LogP contribution in [-0.4, -0.2) is 49.2 Å². The van der Waals surface area contributed by atoms with Gasteiger partial charge in [0.1, 0.15) is 18.0 Å². The Kier molecular flexibility index (Phi) is 5.43. The molecular formula is C18H22F3NO4. The maximum absolute atomic E-state index is 12.6. The predicted octanol–water partition coefficient (Wildman–Crippen LogP) is 2.07. The lowest BCUT2D eigenvalue weighted by molar-refractivity contribution is -0.211. The number of carbonyl (C=O) groups excluding carboxylic acids is 1. The molecule has 1 aliphatic carbocycles. The van der Waals surface area contributed by atoms with E-state index in [9.17, 15) is 23.1 Å². The Balaban J connectivity index is 1.56. The molecule has 3 rings (SSSR count). The number of aliphatic hydroxyl groups is 1. The van der Waals surface area contributed by atoms with Crippen molar-refractivity contribution in [1.29, 1.82) is 0 Å². The van der Waals surface area contributed by atoms with Crippen molar-refractivity contribution < 1.29 is 32.5 Å². The molecule has 1 saturated carbocycles. The minimum Gasteiger partial charge on any atom is -0.497 e. The van der Waals surface area contributed by atoms with Gasteiger partial charge in [0.15, 0.2) is 0 Å². The molecule has 2 fully saturated rings. The van der Waals surface area contributed by atoms with Crippen LogP contribution in [0.4, 0.5) is 13.2 Å². The van der Waals surface area contributed by atoms with Crippen LogP contribution in [0.2, 0.25) is 0 Å². The molecule has 0 radical (unpaired) electrons. The Labute approximate surface area is 149 Å². The summed E-state index contributed by atoms with van der Waals surface area (Å²) in [6.07, 6.45) is -5.85. The van der Waals surface area contributed by atoms with Crippen LogP contribution in [0, 0.1) is 11.8 Å². The molecule has 1 aromatic carbocycles. The van der Waals surface area contributed by atoms with Crippen LogP contribution in [0.3, 0.4) is 0 Å². The smallest absolute Gasteiger partial charge is 0.391 e. The van der Waals surface area contributed by atoms with Crippen LogP contribution in [-0.2, 0) is 16.0 Å². The number of methoxy groups -OCH3 is 1. The van der Waals surface area contributed by atoms with Crippen LogP contribution >= 0.6 is 0 Å². The number of benzene rings is 1. The van der Waals surface area contributed by atoms with Crippen LogP contribution in [0.1, 0.15) is 18.4 Å². The average Bonchev–Trinajstić information content (AvgIpc) is 2.86. The molecule has 1 aliphatic heterocycles. The number of ether oxygens (including phenoxy) is 2. The molecule has 2 N–H and O–H groups in total. The van der Waals surface area contributed by atoms with Gasteiger partial charge in [-0.05, 0) is 37.0 Å². The summed E-state index contributed by atoms with van der Waals surface area (Å²) in [6.45, 7) is 0.272. The average molecular weight is 373 g/mol. The van der Waals surface area contributed by atoms with Crippen molar-refractivity contribution >= 4 is 5.97 Å². The molecular weight excluding hydrogens is 351 g/mol. The third-order valence-electron chi connectivity index (χ3n) is 5.17. The number of hydrogen-bond acceptors (Lipinski definition) is 5. The van der Waals surface area contributed by atoms with Gasteiger partial charge in [0, 0.05) is 6.54 Å². The molecule has 3 atom stereocenters. The third-order valence-corrected chi connectivity index (χ3v) is 5.17. The van der Waals surface area contributed by atoms with Gasteiger partial charge in [-0.2, -0.15) is 13.2 Å². The van der Waals surface area contributed by atoms with Gasteiger partial charge in [0.05, 0.1) is 25.0 Å². The maximum atomic E-state index is 12.6. The molecule has 1 saturated heterocycles. The summed E-state index contributed by atoms with van der Waals surface area (Å²) in [7, 11) is 1.57. The summed E-state index contributed by atoms with van der Waals surface area (Å²) in [5.41, 5.74) is 0.972. The molecule has 5 nitrogen and oxygen atoms in total. The SMILES string of the molecule is COc1ccc(C[C@H]2NC[C@H](O)[C@H]2OC(=O)C2CC(C(F)(F)F)C2)cc1. The second kappa shape index (κ2) is 7.44. The van der Waals surface area contributed by atoms with Crippen molar-refractivity contribution in [2.45, 2.75) is 43.7 Å². The van der Waals surface area contributed by atoms with Crippen molar-refractivity contribution in [1.82, 2.24) is 5.32 Å². The molecule has 8 heteroatoms. The highest BCUT2D eigenvalue weighted by molar-refractivity contribution is 5.73. The molecule has 2 aliphatic rings. The fourth-order valence-corrected chi connectivity index (χ4v) is 3.45. The molecule has 1 heterocycles. The van der Waals surface area contributed by atoms with E-state index in [1.165, 1.54) is 0 Å². The highest BCUT2D eigenvalue weighted by atomic mass is 19.4. The number of aliphatic hydroxyl groups excluding tert-OH is 1. The molecule has 0 unspecified atom stereocenters. The first kappa shape index (κ1) is 19.0. The molecule has 0 aromatic heterocycles. The fraction of sp³-hybridized carbons (Fsp3) is 0.611. The van der Waals surface area contributed by atoms with Gasteiger partial charge in [-0.3, -0.25) is 4.79 Å². The van der Waals surface area contributed by atoms with Gasteiger partial charge >= 0.3 is 12.1 Å². The number of esters is 1. The predicted molar refractivity (Wildman–Crippen MR) is 86.6 cm³/mol. The summed E-state index contributed by atoms with van der Waals surface area (Å²) in [5.74, 6) is -2.10. The van der Waals surface area contributed by atoms with E-state index in [1.807, 2.05) is 24.3 Å². The Morgan fingerprint density at radius 3 is 2.50 bits per heavy atom. The number of carbonyl (C=O) groups is 1. The molecule has 0 bridgehead atoms. The normalized spacial score (nSPS) is 31.3. The number of nitrogens with one attached hydrogen (secondary N) is 1. The van der Waals surface area contributed by atoms with Gasteiger partial charge in [0.2, 0.25) is 0 Å². The van der Waals surface area contributed by atoms with Crippen LogP contribution in [0.15, 0.2) is 24.3 Å².